The highest BCUT2D eigenvalue weighted by Crippen LogP contribution is 2.34. The first kappa shape index (κ1) is 23.3. The summed E-state index contributed by atoms with van der Waals surface area (Å²) in [7, 11) is -2.37. The Labute approximate surface area is 197 Å². The van der Waals surface area contributed by atoms with Crippen molar-refractivity contribution in [3.63, 3.8) is 0 Å². The first-order valence-corrected chi connectivity index (χ1v) is 12.3. The number of amides is 2. The number of carbonyl (C=O) groups is 2. The normalized spacial score (nSPS) is 20.9. The van der Waals surface area contributed by atoms with Crippen LogP contribution in [0.2, 0.25) is 5.02 Å². The lowest BCUT2D eigenvalue weighted by Crippen LogP contribution is -2.43. The second-order valence-electron chi connectivity index (χ2n) is 7.95. The van der Waals surface area contributed by atoms with Crippen LogP contribution in [-0.2, 0) is 19.6 Å². The summed E-state index contributed by atoms with van der Waals surface area (Å²) in [4.78, 5) is 24.7. The molecule has 2 aromatic carbocycles. The molecule has 11 heteroatoms. The summed E-state index contributed by atoms with van der Waals surface area (Å²) < 4.78 is 38.4. The molecule has 0 unspecified atom stereocenters. The molecule has 2 aromatic rings. The molecule has 0 spiro atoms. The van der Waals surface area contributed by atoms with E-state index in [-0.39, 0.29) is 23.3 Å². The summed E-state index contributed by atoms with van der Waals surface area (Å²) in [6.07, 6.45) is 0.457. The van der Waals surface area contributed by atoms with Crippen molar-refractivity contribution >= 4 is 44.8 Å². The van der Waals surface area contributed by atoms with Gasteiger partial charge in [-0.15, -0.1) is 0 Å². The van der Waals surface area contributed by atoms with Crippen LogP contribution in [0.1, 0.15) is 19.8 Å². The van der Waals surface area contributed by atoms with Crippen molar-refractivity contribution in [2.24, 2.45) is 5.92 Å². The minimum atomic E-state index is -3.87. The van der Waals surface area contributed by atoms with E-state index in [0.29, 0.717) is 47.3 Å². The van der Waals surface area contributed by atoms with Gasteiger partial charge in [-0.3, -0.25) is 9.59 Å². The Morgan fingerprint density at radius 3 is 2.79 bits per heavy atom. The third-order valence-electron chi connectivity index (χ3n) is 5.69. The monoisotopic (exact) mass is 493 g/mol. The van der Waals surface area contributed by atoms with Gasteiger partial charge in [0.05, 0.1) is 28.6 Å². The summed E-state index contributed by atoms with van der Waals surface area (Å²) in [6.45, 7) is 1.97. The first-order chi connectivity index (χ1) is 15.7. The van der Waals surface area contributed by atoms with Gasteiger partial charge in [-0.25, -0.2) is 8.42 Å². The number of rotatable bonds is 5. The minimum absolute atomic E-state index is 0.0303. The van der Waals surface area contributed by atoms with Gasteiger partial charge in [0, 0.05) is 18.8 Å². The maximum atomic E-state index is 13.3. The number of nitrogens with zero attached hydrogens (tertiary/aromatic N) is 1. The van der Waals surface area contributed by atoms with Crippen LogP contribution in [0.25, 0.3) is 0 Å². The molecule has 2 heterocycles. The van der Waals surface area contributed by atoms with Crippen molar-refractivity contribution in [3.05, 3.63) is 41.4 Å². The molecule has 4 rings (SSSR count). The number of methoxy groups -OCH3 is 1. The smallest absolute Gasteiger partial charge is 0.265 e. The number of hydrogen-bond acceptors (Lipinski definition) is 6. The fourth-order valence-corrected chi connectivity index (χ4v) is 5.67. The van der Waals surface area contributed by atoms with Crippen molar-refractivity contribution in [1.82, 2.24) is 4.31 Å². The summed E-state index contributed by atoms with van der Waals surface area (Å²) in [5.74, 6) is -0.238. The molecule has 1 fully saturated rings. The number of anilines is 2. The van der Waals surface area contributed by atoms with Gasteiger partial charge in [-0.2, -0.15) is 4.31 Å². The number of ether oxygens (including phenoxy) is 2. The molecule has 0 saturated carbocycles. The van der Waals surface area contributed by atoms with Crippen LogP contribution in [-0.4, -0.2) is 50.8 Å². The van der Waals surface area contributed by atoms with Gasteiger partial charge in [-0.05, 0) is 56.2 Å². The topological polar surface area (TPSA) is 114 Å². The van der Waals surface area contributed by atoms with Crippen LogP contribution < -0.4 is 20.1 Å². The van der Waals surface area contributed by atoms with E-state index in [1.165, 1.54) is 29.6 Å². The number of hydrogen-bond donors (Lipinski definition) is 2. The van der Waals surface area contributed by atoms with E-state index >= 15 is 0 Å². The molecule has 0 radical (unpaired) electrons. The zero-order valence-corrected chi connectivity index (χ0v) is 19.7. The Morgan fingerprint density at radius 1 is 1.27 bits per heavy atom. The lowest BCUT2D eigenvalue weighted by Gasteiger charge is -2.31. The number of benzene rings is 2. The number of sulfonamides is 1. The summed E-state index contributed by atoms with van der Waals surface area (Å²) in [5.41, 5.74) is 0.812. The predicted octanol–water partition coefficient (Wildman–Crippen LogP) is 3.11. The molecule has 0 aromatic heterocycles. The van der Waals surface area contributed by atoms with E-state index in [0.717, 1.165) is 0 Å². The van der Waals surface area contributed by atoms with E-state index in [2.05, 4.69) is 10.6 Å². The fraction of sp³-hybridized carbons (Fsp3) is 0.364. The molecular weight excluding hydrogens is 470 g/mol. The molecule has 0 aliphatic carbocycles. The molecule has 0 bridgehead atoms. The molecule has 2 aliphatic rings. The van der Waals surface area contributed by atoms with E-state index < -0.39 is 22.0 Å². The SMILES string of the molecule is COc1ccc(NC(=O)[C@H]2CCCN(S(=O)(=O)c3ccc4c(c3)NC(=O)[C@@H](C)O4)C2)cc1Cl. The molecule has 1 saturated heterocycles. The van der Waals surface area contributed by atoms with Crippen molar-refractivity contribution < 1.29 is 27.5 Å². The Balaban J connectivity index is 1.48. The van der Waals surface area contributed by atoms with Crippen LogP contribution in [0, 0.1) is 5.92 Å². The third-order valence-corrected chi connectivity index (χ3v) is 7.85. The van der Waals surface area contributed by atoms with E-state index in [1.807, 2.05) is 0 Å². The number of fused-ring (bicyclic) bond motifs is 1. The van der Waals surface area contributed by atoms with Crippen LogP contribution in [0.15, 0.2) is 41.3 Å². The minimum Gasteiger partial charge on any atom is -0.495 e. The highest BCUT2D eigenvalue weighted by Gasteiger charge is 2.34. The number of nitrogens with one attached hydrogen (secondary N) is 2. The highest BCUT2D eigenvalue weighted by atomic mass is 35.5. The molecule has 2 amide bonds. The molecule has 2 atom stereocenters. The average molecular weight is 494 g/mol. The van der Waals surface area contributed by atoms with Crippen molar-refractivity contribution in [2.75, 3.05) is 30.8 Å². The second-order valence-corrected chi connectivity index (χ2v) is 10.3. The van der Waals surface area contributed by atoms with Crippen LogP contribution in [0.3, 0.4) is 0 Å². The van der Waals surface area contributed by atoms with Crippen molar-refractivity contribution in [2.45, 2.75) is 30.8 Å². The molecule has 2 aliphatic heterocycles. The van der Waals surface area contributed by atoms with Crippen molar-refractivity contribution in [3.8, 4) is 11.5 Å². The van der Waals surface area contributed by atoms with E-state index in [4.69, 9.17) is 21.1 Å². The lowest BCUT2D eigenvalue weighted by atomic mass is 9.98. The quantitative estimate of drug-likeness (QED) is 0.661. The Morgan fingerprint density at radius 2 is 2.06 bits per heavy atom. The molecule has 33 heavy (non-hydrogen) atoms. The molecular formula is C22H24ClN3O6S. The maximum Gasteiger partial charge on any atom is 0.265 e. The summed E-state index contributed by atoms with van der Waals surface area (Å²) >= 11 is 6.12. The standard InChI is InChI=1S/C22H24ClN3O6S/c1-13-21(27)25-18-11-16(6-8-20(18)32-13)33(29,30)26-9-3-4-14(12-26)22(28)24-15-5-7-19(31-2)17(23)10-15/h5-8,10-11,13-14H,3-4,9,12H2,1-2H3,(H,24,28)(H,25,27)/t13-,14+/m1/s1. The Hall–Kier alpha value is -2.82. The number of carbonyl (C=O) groups excluding carboxylic acids is 2. The van der Waals surface area contributed by atoms with Gasteiger partial charge in [0.25, 0.3) is 5.91 Å². The lowest BCUT2D eigenvalue weighted by molar-refractivity contribution is -0.123. The largest absolute Gasteiger partial charge is 0.495 e. The fourth-order valence-electron chi connectivity index (χ4n) is 3.86. The third kappa shape index (κ3) is 4.78. The molecule has 2 N–H and O–H groups in total. The zero-order valence-electron chi connectivity index (χ0n) is 18.1. The van der Waals surface area contributed by atoms with Gasteiger partial charge in [0.1, 0.15) is 11.5 Å². The summed E-state index contributed by atoms with van der Waals surface area (Å²) in [5, 5.41) is 5.82. The Bertz CT molecular complexity index is 1200. The first-order valence-electron chi connectivity index (χ1n) is 10.4. The van der Waals surface area contributed by atoms with Gasteiger partial charge in [0.15, 0.2) is 6.10 Å². The average Bonchev–Trinajstić information content (AvgIpc) is 2.79. The predicted molar refractivity (Wildman–Crippen MR) is 123 cm³/mol. The van der Waals surface area contributed by atoms with Crippen LogP contribution >= 0.6 is 11.6 Å². The van der Waals surface area contributed by atoms with E-state index in [1.54, 1.807) is 25.1 Å². The van der Waals surface area contributed by atoms with Gasteiger partial charge in [0.2, 0.25) is 15.9 Å². The van der Waals surface area contributed by atoms with Gasteiger partial charge >= 0.3 is 0 Å². The van der Waals surface area contributed by atoms with E-state index in [9.17, 15) is 18.0 Å². The van der Waals surface area contributed by atoms with Crippen LogP contribution in [0.5, 0.6) is 11.5 Å². The Kier molecular flexibility index (Phi) is 6.51. The zero-order chi connectivity index (χ0) is 23.8. The van der Waals surface area contributed by atoms with Crippen LogP contribution in [0.4, 0.5) is 11.4 Å². The summed E-state index contributed by atoms with van der Waals surface area (Å²) in [6, 6.07) is 9.26. The van der Waals surface area contributed by atoms with Gasteiger partial charge < -0.3 is 20.1 Å². The second kappa shape index (κ2) is 9.20. The highest BCUT2D eigenvalue weighted by molar-refractivity contribution is 7.89. The number of piperidine rings is 1. The molecule has 176 valence electrons. The number of halogens is 1. The van der Waals surface area contributed by atoms with Gasteiger partial charge in [-0.1, -0.05) is 11.6 Å². The maximum absolute atomic E-state index is 13.3. The van der Waals surface area contributed by atoms with Crippen molar-refractivity contribution in [1.29, 1.82) is 0 Å². The molecule has 9 nitrogen and oxygen atoms in total.